The average Bonchev–Trinajstić information content (AvgIpc) is 2.28. The number of carbonyl (C=O) groups is 1. The van der Waals surface area contributed by atoms with Gasteiger partial charge >= 0.3 is 5.97 Å². The summed E-state index contributed by atoms with van der Waals surface area (Å²) in [6.07, 6.45) is 0.123. The van der Waals surface area contributed by atoms with Gasteiger partial charge in [0.05, 0.1) is 12.7 Å². The van der Waals surface area contributed by atoms with E-state index in [4.69, 9.17) is 21.1 Å². The van der Waals surface area contributed by atoms with E-state index in [1.165, 1.54) is 0 Å². The predicted octanol–water partition coefficient (Wildman–Crippen LogP) is 3.32. The van der Waals surface area contributed by atoms with E-state index in [-0.39, 0.29) is 6.10 Å². The third-order valence-corrected chi connectivity index (χ3v) is 2.47. The van der Waals surface area contributed by atoms with Gasteiger partial charge in [0.2, 0.25) is 0 Å². The molecule has 0 spiro atoms. The maximum atomic E-state index is 11.4. The van der Waals surface area contributed by atoms with Crippen molar-refractivity contribution in [3.63, 3.8) is 0 Å². The third-order valence-electron chi connectivity index (χ3n) is 2.04. The number of hydrogen-bond donors (Lipinski definition) is 0. The van der Waals surface area contributed by atoms with Crippen molar-refractivity contribution in [2.75, 3.05) is 6.61 Å². The Labute approximate surface area is 107 Å². The zero-order valence-corrected chi connectivity index (χ0v) is 11.0. The van der Waals surface area contributed by atoms with Crippen LogP contribution in [0.5, 0.6) is 5.75 Å². The van der Waals surface area contributed by atoms with E-state index >= 15 is 0 Å². The molecular weight excluding hydrogens is 240 g/mol. The number of halogens is 1. The highest BCUT2D eigenvalue weighted by atomic mass is 35.5. The molecule has 4 heteroatoms. The normalized spacial score (nSPS) is 12.3. The van der Waals surface area contributed by atoms with Gasteiger partial charge in [-0.15, -0.1) is 11.6 Å². The quantitative estimate of drug-likeness (QED) is 0.599. The molecule has 0 radical (unpaired) electrons. The average molecular weight is 257 g/mol. The fourth-order valence-electron chi connectivity index (χ4n) is 1.34. The van der Waals surface area contributed by atoms with Crippen LogP contribution >= 0.6 is 11.6 Å². The molecule has 17 heavy (non-hydrogen) atoms. The summed E-state index contributed by atoms with van der Waals surface area (Å²) in [5, 5.41) is -0.761. The Morgan fingerprint density at radius 1 is 1.29 bits per heavy atom. The van der Waals surface area contributed by atoms with Gasteiger partial charge in [-0.05, 0) is 38.5 Å². The van der Waals surface area contributed by atoms with E-state index in [0.29, 0.717) is 12.2 Å². The van der Waals surface area contributed by atoms with Gasteiger partial charge < -0.3 is 9.47 Å². The van der Waals surface area contributed by atoms with Crippen LogP contribution in [0.4, 0.5) is 0 Å². The van der Waals surface area contributed by atoms with Crippen molar-refractivity contribution in [3.05, 3.63) is 29.8 Å². The lowest BCUT2D eigenvalue weighted by Gasteiger charge is -2.12. The minimum absolute atomic E-state index is 0.123. The summed E-state index contributed by atoms with van der Waals surface area (Å²) in [4.78, 5) is 11.4. The largest absolute Gasteiger partial charge is 0.491 e. The summed E-state index contributed by atoms with van der Waals surface area (Å²) in [6.45, 7) is 5.99. The zero-order valence-electron chi connectivity index (χ0n) is 10.3. The Morgan fingerprint density at radius 2 is 1.88 bits per heavy atom. The van der Waals surface area contributed by atoms with Crippen molar-refractivity contribution < 1.29 is 14.3 Å². The van der Waals surface area contributed by atoms with E-state index in [1.807, 2.05) is 13.8 Å². The highest BCUT2D eigenvalue weighted by molar-refractivity contribution is 6.29. The van der Waals surface area contributed by atoms with Crippen LogP contribution < -0.4 is 4.74 Å². The number of alkyl halides is 1. The second kappa shape index (κ2) is 6.50. The first kappa shape index (κ1) is 13.8. The van der Waals surface area contributed by atoms with E-state index in [9.17, 15) is 4.79 Å². The lowest BCUT2D eigenvalue weighted by molar-refractivity contribution is -0.142. The molecule has 0 aromatic heterocycles. The molecule has 1 rings (SSSR count). The summed E-state index contributed by atoms with van der Waals surface area (Å²) in [5.74, 6) is 0.336. The van der Waals surface area contributed by atoms with Crippen LogP contribution in [0, 0.1) is 0 Å². The Bertz CT molecular complexity index is 359. The molecule has 0 heterocycles. The summed E-state index contributed by atoms with van der Waals surface area (Å²) >= 11 is 5.98. The fourth-order valence-corrected chi connectivity index (χ4v) is 1.55. The van der Waals surface area contributed by atoms with Crippen LogP contribution in [0.2, 0.25) is 0 Å². The first-order chi connectivity index (χ1) is 8.04. The first-order valence-corrected chi connectivity index (χ1v) is 6.05. The molecule has 0 aliphatic carbocycles. The predicted molar refractivity (Wildman–Crippen MR) is 67.4 cm³/mol. The highest BCUT2D eigenvalue weighted by Crippen LogP contribution is 2.24. The number of hydrogen-bond acceptors (Lipinski definition) is 3. The van der Waals surface area contributed by atoms with E-state index < -0.39 is 11.3 Å². The third kappa shape index (κ3) is 4.27. The molecular formula is C13H17ClO3. The molecule has 0 aliphatic heterocycles. The second-order valence-corrected chi connectivity index (χ2v) is 4.29. The second-order valence-electron chi connectivity index (χ2n) is 3.85. The smallest absolute Gasteiger partial charge is 0.328 e. The Balaban J connectivity index is 2.70. The van der Waals surface area contributed by atoms with Gasteiger partial charge in [-0.2, -0.15) is 0 Å². The van der Waals surface area contributed by atoms with Gasteiger partial charge in [0.25, 0.3) is 0 Å². The molecule has 1 atom stereocenters. The van der Waals surface area contributed by atoms with Crippen molar-refractivity contribution in [1.82, 2.24) is 0 Å². The Morgan fingerprint density at radius 3 is 2.35 bits per heavy atom. The van der Waals surface area contributed by atoms with Gasteiger partial charge in [0.15, 0.2) is 5.38 Å². The molecule has 0 saturated carbocycles. The van der Waals surface area contributed by atoms with Crippen LogP contribution in [-0.2, 0) is 9.53 Å². The van der Waals surface area contributed by atoms with Crippen molar-refractivity contribution in [2.24, 2.45) is 0 Å². The Kier molecular flexibility index (Phi) is 5.29. The van der Waals surface area contributed by atoms with Crippen molar-refractivity contribution in [3.8, 4) is 5.75 Å². The van der Waals surface area contributed by atoms with Crippen LogP contribution in [0.25, 0.3) is 0 Å². The SMILES string of the molecule is CCOC(=O)C(Cl)c1ccc(OC(C)C)cc1. The molecule has 0 amide bonds. The highest BCUT2D eigenvalue weighted by Gasteiger charge is 2.18. The molecule has 0 fully saturated rings. The molecule has 1 unspecified atom stereocenters. The maximum Gasteiger partial charge on any atom is 0.328 e. The van der Waals surface area contributed by atoms with Gasteiger partial charge in [0, 0.05) is 0 Å². The molecule has 0 saturated heterocycles. The standard InChI is InChI=1S/C13H17ClO3/c1-4-16-13(15)12(14)10-5-7-11(8-6-10)17-9(2)3/h5-9,12H,4H2,1-3H3. The fraction of sp³-hybridized carbons (Fsp3) is 0.462. The summed E-state index contributed by atoms with van der Waals surface area (Å²) in [7, 11) is 0. The van der Waals surface area contributed by atoms with Crippen LogP contribution in [-0.4, -0.2) is 18.7 Å². The van der Waals surface area contributed by atoms with Gasteiger partial charge in [-0.3, -0.25) is 4.79 Å². The maximum absolute atomic E-state index is 11.4. The summed E-state index contributed by atoms with van der Waals surface area (Å²) in [6, 6.07) is 7.13. The molecule has 1 aromatic rings. The van der Waals surface area contributed by atoms with Crippen molar-refractivity contribution in [1.29, 1.82) is 0 Å². The molecule has 94 valence electrons. The molecule has 3 nitrogen and oxygen atoms in total. The van der Waals surface area contributed by atoms with E-state index in [0.717, 1.165) is 5.75 Å². The zero-order chi connectivity index (χ0) is 12.8. The van der Waals surface area contributed by atoms with E-state index in [2.05, 4.69) is 0 Å². The van der Waals surface area contributed by atoms with Crippen molar-refractivity contribution >= 4 is 17.6 Å². The van der Waals surface area contributed by atoms with E-state index in [1.54, 1.807) is 31.2 Å². The van der Waals surface area contributed by atoms with Crippen molar-refractivity contribution in [2.45, 2.75) is 32.3 Å². The van der Waals surface area contributed by atoms with Crippen LogP contribution in [0.1, 0.15) is 31.7 Å². The monoisotopic (exact) mass is 256 g/mol. The number of ether oxygens (including phenoxy) is 2. The van der Waals surface area contributed by atoms with Crippen LogP contribution in [0.15, 0.2) is 24.3 Å². The first-order valence-electron chi connectivity index (χ1n) is 5.62. The summed E-state index contributed by atoms with van der Waals surface area (Å²) in [5.41, 5.74) is 0.709. The minimum Gasteiger partial charge on any atom is -0.491 e. The number of benzene rings is 1. The minimum atomic E-state index is -0.761. The van der Waals surface area contributed by atoms with Gasteiger partial charge in [-0.1, -0.05) is 12.1 Å². The van der Waals surface area contributed by atoms with Gasteiger partial charge in [-0.25, -0.2) is 0 Å². The molecule has 0 aliphatic rings. The lowest BCUT2D eigenvalue weighted by Crippen LogP contribution is -2.11. The van der Waals surface area contributed by atoms with Gasteiger partial charge in [0.1, 0.15) is 5.75 Å². The number of carbonyl (C=O) groups excluding carboxylic acids is 1. The molecule has 1 aromatic carbocycles. The Hall–Kier alpha value is -1.22. The lowest BCUT2D eigenvalue weighted by atomic mass is 10.1. The number of esters is 1. The summed E-state index contributed by atoms with van der Waals surface area (Å²) < 4.78 is 10.3. The molecule has 0 bridgehead atoms. The number of rotatable bonds is 5. The van der Waals surface area contributed by atoms with Crippen LogP contribution in [0.3, 0.4) is 0 Å². The molecule has 0 N–H and O–H groups in total. The topological polar surface area (TPSA) is 35.5 Å².